The maximum absolute atomic E-state index is 5.46. The maximum Gasteiger partial charge on any atom is 0.123 e. The second-order valence-corrected chi connectivity index (χ2v) is 4.63. The summed E-state index contributed by atoms with van der Waals surface area (Å²) in [5.74, 6) is 1.99. The van der Waals surface area contributed by atoms with Crippen molar-refractivity contribution in [2.75, 3.05) is 0 Å². The molecular formula is C12H19NO. The molecule has 0 bridgehead atoms. The molecular weight excluding hydrogens is 174 g/mol. The summed E-state index contributed by atoms with van der Waals surface area (Å²) in [4.78, 5) is 0. The zero-order chi connectivity index (χ0) is 10.1. The van der Waals surface area contributed by atoms with Gasteiger partial charge in [-0.2, -0.15) is 0 Å². The third-order valence-electron chi connectivity index (χ3n) is 3.15. The van der Waals surface area contributed by atoms with Crippen LogP contribution < -0.4 is 5.32 Å². The van der Waals surface area contributed by atoms with Gasteiger partial charge in [0.2, 0.25) is 0 Å². The zero-order valence-corrected chi connectivity index (χ0v) is 9.21. The monoisotopic (exact) mass is 193 g/mol. The van der Waals surface area contributed by atoms with Crippen LogP contribution in [0, 0.1) is 12.8 Å². The maximum atomic E-state index is 5.46. The van der Waals surface area contributed by atoms with Crippen molar-refractivity contribution in [2.24, 2.45) is 5.92 Å². The highest BCUT2D eigenvalue weighted by molar-refractivity contribution is 5.17. The Kier molecular flexibility index (Phi) is 2.64. The van der Waals surface area contributed by atoms with Crippen molar-refractivity contribution in [1.29, 1.82) is 0 Å². The zero-order valence-electron chi connectivity index (χ0n) is 9.21. The van der Waals surface area contributed by atoms with Gasteiger partial charge in [-0.25, -0.2) is 0 Å². The van der Waals surface area contributed by atoms with E-state index < -0.39 is 0 Å². The highest BCUT2D eigenvalue weighted by atomic mass is 16.3. The van der Waals surface area contributed by atoms with Gasteiger partial charge >= 0.3 is 0 Å². The predicted octanol–water partition coefficient (Wildman–Crippen LogP) is 3.04. The standard InChI is InChI=1S/C12H19NO/c1-8-6-11(7-8)13-10(3)12-9(2)4-5-14-12/h4-5,8,10-11,13H,6-7H2,1-3H3. The molecule has 1 aromatic heterocycles. The second-order valence-electron chi connectivity index (χ2n) is 4.63. The van der Waals surface area contributed by atoms with E-state index in [-0.39, 0.29) is 0 Å². The van der Waals surface area contributed by atoms with Gasteiger partial charge < -0.3 is 9.73 Å². The fourth-order valence-electron chi connectivity index (χ4n) is 2.30. The van der Waals surface area contributed by atoms with Crippen molar-refractivity contribution in [3.8, 4) is 0 Å². The SMILES string of the molecule is Cc1ccoc1C(C)NC1CC(C)C1. The van der Waals surface area contributed by atoms with Gasteiger partial charge in [-0.1, -0.05) is 6.92 Å². The normalized spacial score (nSPS) is 28.5. The number of furan rings is 1. The van der Waals surface area contributed by atoms with E-state index in [1.54, 1.807) is 6.26 Å². The Bertz CT molecular complexity index is 299. The summed E-state index contributed by atoms with van der Waals surface area (Å²) in [7, 11) is 0. The first-order chi connectivity index (χ1) is 6.66. The van der Waals surface area contributed by atoms with E-state index in [1.807, 2.05) is 6.07 Å². The van der Waals surface area contributed by atoms with Gasteiger partial charge in [0.25, 0.3) is 0 Å². The molecule has 1 unspecified atom stereocenters. The molecule has 2 nitrogen and oxygen atoms in total. The smallest absolute Gasteiger partial charge is 0.123 e. The Balaban J connectivity index is 1.90. The van der Waals surface area contributed by atoms with E-state index in [1.165, 1.54) is 18.4 Å². The van der Waals surface area contributed by atoms with Crippen LogP contribution in [0.1, 0.15) is 44.1 Å². The molecule has 1 aliphatic carbocycles. The van der Waals surface area contributed by atoms with Gasteiger partial charge in [0.05, 0.1) is 12.3 Å². The first-order valence-corrected chi connectivity index (χ1v) is 5.47. The van der Waals surface area contributed by atoms with Crippen molar-refractivity contribution >= 4 is 0 Å². The van der Waals surface area contributed by atoms with Crippen molar-refractivity contribution < 1.29 is 4.42 Å². The molecule has 1 aliphatic rings. The Morgan fingerprint density at radius 3 is 2.71 bits per heavy atom. The molecule has 0 aromatic carbocycles. The van der Waals surface area contributed by atoms with E-state index in [0.29, 0.717) is 12.1 Å². The molecule has 1 aromatic rings. The summed E-state index contributed by atoms with van der Waals surface area (Å²) < 4.78 is 5.46. The summed E-state index contributed by atoms with van der Waals surface area (Å²) >= 11 is 0. The molecule has 0 amide bonds. The third-order valence-corrected chi connectivity index (χ3v) is 3.15. The van der Waals surface area contributed by atoms with Crippen molar-refractivity contribution in [3.05, 3.63) is 23.7 Å². The summed E-state index contributed by atoms with van der Waals surface area (Å²) in [5, 5.41) is 3.60. The van der Waals surface area contributed by atoms with Gasteiger partial charge in [0.1, 0.15) is 5.76 Å². The van der Waals surface area contributed by atoms with Gasteiger partial charge in [-0.15, -0.1) is 0 Å². The lowest BCUT2D eigenvalue weighted by Gasteiger charge is -2.35. The lowest BCUT2D eigenvalue weighted by molar-refractivity contribution is 0.218. The minimum absolute atomic E-state index is 0.350. The molecule has 0 aliphatic heterocycles. The fraction of sp³-hybridized carbons (Fsp3) is 0.667. The van der Waals surface area contributed by atoms with E-state index in [0.717, 1.165) is 11.7 Å². The van der Waals surface area contributed by atoms with Crippen LogP contribution in [0.4, 0.5) is 0 Å². The first kappa shape index (κ1) is 9.78. The Labute approximate surface area is 85.7 Å². The molecule has 1 heterocycles. The van der Waals surface area contributed by atoms with Crippen LogP contribution in [0.2, 0.25) is 0 Å². The van der Waals surface area contributed by atoms with Crippen molar-refractivity contribution in [2.45, 2.75) is 45.7 Å². The Morgan fingerprint density at radius 1 is 1.50 bits per heavy atom. The topological polar surface area (TPSA) is 25.2 Å². The van der Waals surface area contributed by atoms with E-state index in [9.17, 15) is 0 Å². The van der Waals surface area contributed by atoms with Gasteiger partial charge in [-0.3, -0.25) is 0 Å². The summed E-state index contributed by atoms with van der Waals surface area (Å²) in [6, 6.07) is 3.07. The highest BCUT2D eigenvalue weighted by Crippen LogP contribution is 2.29. The number of nitrogens with one attached hydrogen (secondary N) is 1. The minimum Gasteiger partial charge on any atom is -0.467 e. The molecule has 1 saturated carbocycles. The van der Waals surface area contributed by atoms with Crippen molar-refractivity contribution in [3.63, 3.8) is 0 Å². The summed E-state index contributed by atoms with van der Waals surface area (Å²) in [6.07, 6.45) is 4.39. The van der Waals surface area contributed by atoms with Gasteiger partial charge in [0, 0.05) is 6.04 Å². The minimum atomic E-state index is 0.350. The molecule has 1 atom stereocenters. The molecule has 1 fully saturated rings. The van der Waals surface area contributed by atoms with Gasteiger partial charge in [0.15, 0.2) is 0 Å². The quantitative estimate of drug-likeness (QED) is 0.798. The van der Waals surface area contributed by atoms with E-state index in [2.05, 4.69) is 26.1 Å². The third kappa shape index (κ3) is 1.85. The summed E-state index contributed by atoms with van der Waals surface area (Å²) in [5.41, 5.74) is 1.25. The van der Waals surface area contributed by atoms with Gasteiger partial charge in [-0.05, 0) is 44.2 Å². The van der Waals surface area contributed by atoms with Crippen LogP contribution in [-0.2, 0) is 0 Å². The van der Waals surface area contributed by atoms with Crippen LogP contribution in [0.5, 0.6) is 0 Å². The van der Waals surface area contributed by atoms with Crippen LogP contribution in [-0.4, -0.2) is 6.04 Å². The number of rotatable bonds is 3. The summed E-state index contributed by atoms with van der Waals surface area (Å²) in [6.45, 7) is 6.58. The fourth-order valence-corrected chi connectivity index (χ4v) is 2.30. The average molecular weight is 193 g/mol. The molecule has 14 heavy (non-hydrogen) atoms. The Morgan fingerprint density at radius 2 is 2.21 bits per heavy atom. The molecule has 2 rings (SSSR count). The van der Waals surface area contributed by atoms with E-state index in [4.69, 9.17) is 4.42 Å². The molecule has 0 radical (unpaired) electrons. The molecule has 2 heteroatoms. The molecule has 78 valence electrons. The predicted molar refractivity (Wildman–Crippen MR) is 57.2 cm³/mol. The number of aryl methyl sites for hydroxylation is 1. The second kappa shape index (κ2) is 3.77. The number of hydrogen-bond acceptors (Lipinski definition) is 2. The molecule has 0 spiro atoms. The van der Waals surface area contributed by atoms with E-state index >= 15 is 0 Å². The lowest BCUT2D eigenvalue weighted by atomic mass is 9.81. The lowest BCUT2D eigenvalue weighted by Crippen LogP contribution is -2.41. The first-order valence-electron chi connectivity index (χ1n) is 5.47. The van der Waals surface area contributed by atoms with Crippen LogP contribution >= 0.6 is 0 Å². The Hall–Kier alpha value is -0.760. The highest BCUT2D eigenvalue weighted by Gasteiger charge is 2.27. The van der Waals surface area contributed by atoms with Crippen LogP contribution in [0.3, 0.4) is 0 Å². The average Bonchev–Trinajstić information content (AvgIpc) is 2.48. The molecule has 1 N–H and O–H groups in total. The number of hydrogen-bond donors (Lipinski definition) is 1. The van der Waals surface area contributed by atoms with Crippen LogP contribution in [0.25, 0.3) is 0 Å². The largest absolute Gasteiger partial charge is 0.467 e. The van der Waals surface area contributed by atoms with Crippen LogP contribution in [0.15, 0.2) is 16.7 Å². The molecule has 0 saturated heterocycles. The van der Waals surface area contributed by atoms with Crippen molar-refractivity contribution in [1.82, 2.24) is 5.32 Å².